The number of aliphatic hydroxyl groups is 1. The topological polar surface area (TPSA) is 55.5 Å². The molecule has 3 nitrogen and oxygen atoms in total. The van der Waals surface area contributed by atoms with Crippen LogP contribution in [0.1, 0.15) is 32.1 Å². The van der Waals surface area contributed by atoms with E-state index in [2.05, 4.69) is 4.74 Å². The van der Waals surface area contributed by atoms with Crippen molar-refractivity contribution >= 4 is 0 Å². The fourth-order valence-electron chi connectivity index (χ4n) is 2.08. The minimum atomic E-state index is -3.16. The molecular formula is C10H19F2NO2. The van der Waals surface area contributed by atoms with E-state index in [1.165, 1.54) is 7.11 Å². The van der Waals surface area contributed by atoms with E-state index >= 15 is 0 Å². The summed E-state index contributed by atoms with van der Waals surface area (Å²) in [7, 11) is 1.36. The summed E-state index contributed by atoms with van der Waals surface area (Å²) in [5, 5.41) is 9.96. The molecule has 0 aliphatic heterocycles. The monoisotopic (exact) mass is 223 g/mol. The summed E-state index contributed by atoms with van der Waals surface area (Å²) in [6, 6.07) is -0.835. The Hall–Kier alpha value is -0.260. The van der Waals surface area contributed by atoms with E-state index in [9.17, 15) is 13.9 Å². The van der Waals surface area contributed by atoms with Gasteiger partial charge in [0.05, 0.1) is 6.61 Å². The van der Waals surface area contributed by atoms with E-state index in [1.54, 1.807) is 0 Å². The first-order valence-electron chi connectivity index (χ1n) is 5.29. The highest BCUT2D eigenvalue weighted by molar-refractivity contribution is 5.02. The molecule has 0 bridgehead atoms. The van der Waals surface area contributed by atoms with Crippen LogP contribution in [0.15, 0.2) is 0 Å². The number of methoxy groups -OCH3 is 1. The van der Waals surface area contributed by atoms with Crippen LogP contribution < -0.4 is 5.73 Å². The second-order valence-corrected chi connectivity index (χ2v) is 4.22. The van der Waals surface area contributed by atoms with Crippen molar-refractivity contribution in [1.29, 1.82) is 0 Å². The third kappa shape index (κ3) is 2.46. The average molecular weight is 223 g/mol. The first-order valence-corrected chi connectivity index (χ1v) is 5.29. The molecule has 1 aliphatic carbocycles. The van der Waals surface area contributed by atoms with Crippen LogP contribution in [0.4, 0.5) is 8.78 Å². The molecule has 0 heterocycles. The van der Waals surface area contributed by atoms with E-state index in [0.29, 0.717) is 12.8 Å². The van der Waals surface area contributed by atoms with Crippen LogP contribution in [0, 0.1) is 0 Å². The highest BCUT2D eigenvalue weighted by Gasteiger charge is 2.56. The van der Waals surface area contributed by atoms with Gasteiger partial charge in [-0.25, -0.2) is 8.78 Å². The molecule has 1 aliphatic rings. The predicted octanol–water partition coefficient (Wildman–Crippen LogP) is 1.29. The van der Waals surface area contributed by atoms with Crippen molar-refractivity contribution in [2.24, 2.45) is 5.73 Å². The molecule has 0 spiro atoms. The summed E-state index contributed by atoms with van der Waals surface area (Å²) in [5.74, 6) is -3.16. The molecule has 90 valence electrons. The zero-order valence-electron chi connectivity index (χ0n) is 9.01. The van der Waals surface area contributed by atoms with Gasteiger partial charge in [0.25, 0.3) is 5.92 Å². The summed E-state index contributed by atoms with van der Waals surface area (Å²) in [6.45, 7) is -0.0674. The number of nitrogens with two attached hydrogens (primary N) is 1. The maximum absolute atomic E-state index is 13.7. The number of halogens is 2. The van der Waals surface area contributed by atoms with Gasteiger partial charge in [0.1, 0.15) is 5.60 Å². The first-order chi connectivity index (χ1) is 6.94. The molecule has 0 amide bonds. The van der Waals surface area contributed by atoms with Crippen LogP contribution in [0.2, 0.25) is 0 Å². The standard InChI is InChI=1S/C10H19F2NO2/c1-15-7-6-10(11,12)9(14)5-3-2-4-8(9)13/h8,14H,2-7,13H2,1H3. The maximum Gasteiger partial charge on any atom is 0.279 e. The summed E-state index contributed by atoms with van der Waals surface area (Å²) in [4.78, 5) is 0. The van der Waals surface area contributed by atoms with Crippen molar-refractivity contribution in [1.82, 2.24) is 0 Å². The first kappa shape index (κ1) is 12.8. The van der Waals surface area contributed by atoms with Crippen molar-refractivity contribution in [2.45, 2.75) is 49.7 Å². The maximum atomic E-state index is 13.7. The number of hydrogen-bond donors (Lipinski definition) is 2. The van der Waals surface area contributed by atoms with Gasteiger partial charge in [-0.3, -0.25) is 0 Å². The Morgan fingerprint density at radius 1 is 1.53 bits per heavy atom. The van der Waals surface area contributed by atoms with E-state index in [0.717, 1.165) is 6.42 Å². The smallest absolute Gasteiger partial charge is 0.279 e. The predicted molar refractivity (Wildman–Crippen MR) is 52.8 cm³/mol. The Kier molecular flexibility index (Phi) is 4.03. The number of ether oxygens (including phenoxy) is 1. The van der Waals surface area contributed by atoms with Gasteiger partial charge in [-0.2, -0.15) is 0 Å². The second kappa shape index (κ2) is 4.72. The molecule has 0 aromatic carbocycles. The molecule has 1 fully saturated rings. The van der Waals surface area contributed by atoms with Crippen molar-refractivity contribution in [2.75, 3.05) is 13.7 Å². The largest absolute Gasteiger partial charge is 0.384 e. The molecule has 2 atom stereocenters. The van der Waals surface area contributed by atoms with Crippen molar-refractivity contribution < 1.29 is 18.6 Å². The molecule has 0 aromatic heterocycles. The van der Waals surface area contributed by atoms with Gasteiger partial charge in [0, 0.05) is 19.6 Å². The zero-order valence-corrected chi connectivity index (χ0v) is 9.01. The minimum Gasteiger partial charge on any atom is -0.384 e. The Morgan fingerprint density at radius 2 is 2.20 bits per heavy atom. The summed E-state index contributed by atoms with van der Waals surface area (Å²) in [6.07, 6.45) is 1.47. The molecule has 2 unspecified atom stereocenters. The van der Waals surface area contributed by atoms with Crippen LogP contribution in [0.5, 0.6) is 0 Å². The molecular weight excluding hydrogens is 204 g/mol. The Balaban J connectivity index is 2.72. The molecule has 15 heavy (non-hydrogen) atoms. The molecule has 3 N–H and O–H groups in total. The third-order valence-electron chi connectivity index (χ3n) is 3.19. The lowest BCUT2D eigenvalue weighted by molar-refractivity contribution is -0.210. The van der Waals surface area contributed by atoms with Gasteiger partial charge in [0.2, 0.25) is 0 Å². The van der Waals surface area contributed by atoms with Crippen LogP contribution >= 0.6 is 0 Å². The Labute approximate surface area is 88.6 Å². The average Bonchev–Trinajstić information content (AvgIpc) is 2.19. The molecule has 1 rings (SSSR count). The van der Waals surface area contributed by atoms with Gasteiger partial charge in [-0.05, 0) is 12.8 Å². The fourth-order valence-corrected chi connectivity index (χ4v) is 2.08. The lowest BCUT2D eigenvalue weighted by Crippen LogP contribution is -2.61. The van der Waals surface area contributed by atoms with Crippen molar-refractivity contribution in [3.63, 3.8) is 0 Å². The van der Waals surface area contributed by atoms with Gasteiger partial charge in [-0.1, -0.05) is 12.8 Å². The zero-order chi connectivity index (χ0) is 11.5. The van der Waals surface area contributed by atoms with E-state index in [1.807, 2.05) is 0 Å². The minimum absolute atomic E-state index is 0.0674. The van der Waals surface area contributed by atoms with Gasteiger partial charge in [-0.15, -0.1) is 0 Å². The highest BCUT2D eigenvalue weighted by atomic mass is 19.3. The van der Waals surface area contributed by atoms with Crippen LogP contribution in [-0.4, -0.2) is 36.4 Å². The Morgan fingerprint density at radius 3 is 2.73 bits per heavy atom. The fraction of sp³-hybridized carbons (Fsp3) is 1.00. The lowest BCUT2D eigenvalue weighted by atomic mass is 9.75. The van der Waals surface area contributed by atoms with Gasteiger partial charge < -0.3 is 15.6 Å². The summed E-state index contributed by atoms with van der Waals surface area (Å²) in [5.41, 5.74) is 3.55. The molecule has 0 radical (unpaired) electrons. The van der Waals surface area contributed by atoms with Gasteiger partial charge in [0.15, 0.2) is 0 Å². The third-order valence-corrected chi connectivity index (χ3v) is 3.19. The van der Waals surface area contributed by atoms with E-state index in [4.69, 9.17) is 5.73 Å². The lowest BCUT2D eigenvalue weighted by Gasteiger charge is -2.43. The van der Waals surface area contributed by atoms with E-state index in [-0.39, 0.29) is 13.0 Å². The molecule has 0 saturated heterocycles. The van der Waals surface area contributed by atoms with Crippen molar-refractivity contribution in [3.8, 4) is 0 Å². The molecule has 1 saturated carbocycles. The number of rotatable bonds is 4. The van der Waals surface area contributed by atoms with Crippen LogP contribution in [0.25, 0.3) is 0 Å². The summed E-state index contributed by atoms with van der Waals surface area (Å²) >= 11 is 0. The SMILES string of the molecule is COCCC(F)(F)C1(O)CCCCC1N. The van der Waals surface area contributed by atoms with E-state index < -0.39 is 24.0 Å². The second-order valence-electron chi connectivity index (χ2n) is 4.22. The van der Waals surface area contributed by atoms with Gasteiger partial charge >= 0.3 is 0 Å². The van der Waals surface area contributed by atoms with Crippen LogP contribution in [0.3, 0.4) is 0 Å². The molecule has 0 aromatic rings. The summed E-state index contributed by atoms with van der Waals surface area (Å²) < 4.78 is 32.1. The highest BCUT2D eigenvalue weighted by Crippen LogP contribution is 2.41. The van der Waals surface area contributed by atoms with Crippen molar-refractivity contribution in [3.05, 3.63) is 0 Å². The normalized spacial score (nSPS) is 33.0. The molecule has 5 heteroatoms. The van der Waals surface area contributed by atoms with Crippen LogP contribution in [-0.2, 0) is 4.74 Å². The number of alkyl halides is 2. The quantitative estimate of drug-likeness (QED) is 0.755. The number of hydrogen-bond acceptors (Lipinski definition) is 3. The Bertz CT molecular complexity index is 214.